The van der Waals surface area contributed by atoms with E-state index in [0.29, 0.717) is 12.8 Å². The number of nitrogens with one attached hydrogen (secondary N) is 4. The van der Waals surface area contributed by atoms with Gasteiger partial charge in [0.2, 0.25) is 23.6 Å². The highest BCUT2D eigenvalue weighted by atomic mass is 16.8. The summed E-state index contributed by atoms with van der Waals surface area (Å²) >= 11 is 0. The van der Waals surface area contributed by atoms with Crippen LogP contribution in [-0.4, -0.2) is 406 Å². The summed E-state index contributed by atoms with van der Waals surface area (Å²) in [6.45, 7) is -0.211. The maximum Gasteiger partial charge on any atom is 0.220 e. The molecular formula is C84H150N4O38. The van der Waals surface area contributed by atoms with Gasteiger partial charge in [0, 0.05) is 27.2 Å². The van der Waals surface area contributed by atoms with Crippen LogP contribution in [0.1, 0.15) is 214 Å². The van der Waals surface area contributed by atoms with E-state index in [1.54, 1.807) is 0 Å². The van der Waals surface area contributed by atoms with Gasteiger partial charge >= 0.3 is 0 Å². The standard InChI is InChI=1S/C84H150N4O38/c1-6-8-10-12-14-16-18-20-21-23-25-27-29-31-33-35-56(99)88-47(48(98)34-32-30-28-26-24-22-19-17-15-13-11-9-7-2)42-113-81-70(110)68(108)74(54(41-94)120-81)123-84-72(112)77(64(104)55(121-84)43-114-78-58(86-45(4)96)66(106)73(53(40-93)119-78)122-82-69(109)67(107)61(101)50(37-90)117-82)126-83-71(111)76(63(103)52(39-92)118-83)125-80-59(87-46(5)97)75(62(102)51(38-91)116-80)124-79-57(85-44(3)95)65(105)60(100)49(36-89)115-79/h32,34,47-55,57-84,89-94,98,100-112H,6-31,33,35-43H2,1-5H3,(H,85,95)(H,86,96)(H,87,97)(H,88,99)/b34-32+/t47-,48+,49?,50?,51?,52?,53?,54?,55?,57?,58?,59?,60-,61-,62-,63-,64-,65+,66+,67-,68+,69?,70?,71?,72?,73+,74+,75+,76-,77-,78+,79+,80-,81+,82-,83+,84-/m0/s1. The highest BCUT2D eigenvalue weighted by Gasteiger charge is 2.59. The molecule has 0 aromatic heterocycles. The topological polar surface area (TPSA) is 650 Å². The van der Waals surface area contributed by atoms with Crippen molar-refractivity contribution >= 4 is 23.6 Å². The van der Waals surface area contributed by atoms with Crippen LogP contribution in [0.4, 0.5) is 0 Å². The van der Waals surface area contributed by atoms with Crippen LogP contribution in [-0.2, 0) is 85.5 Å². The Morgan fingerprint density at radius 2 is 0.651 bits per heavy atom. The normalized spacial score (nSPS) is 38.0. The molecule has 7 heterocycles. The molecule has 0 aromatic carbocycles. The van der Waals surface area contributed by atoms with Crippen molar-refractivity contribution in [2.75, 3.05) is 52.9 Å². The van der Waals surface area contributed by atoms with Gasteiger partial charge in [0.15, 0.2) is 44.0 Å². The predicted molar refractivity (Wildman–Crippen MR) is 438 cm³/mol. The van der Waals surface area contributed by atoms with E-state index in [-0.39, 0.29) is 6.42 Å². The Kier molecular flexibility index (Phi) is 49.5. The summed E-state index contributed by atoms with van der Waals surface area (Å²) in [5.41, 5.74) is 0. The molecule has 14 unspecified atom stereocenters. The Labute approximate surface area is 736 Å². The molecule has 7 saturated heterocycles. The highest BCUT2D eigenvalue weighted by Crippen LogP contribution is 2.39. The number of ether oxygens (including phenoxy) is 14. The van der Waals surface area contributed by atoms with Gasteiger partial charge in [-0.05, 0) is 19.3 Å². The SMILES string of the molecule is CCCCCCCCCCCCC/C=C/[C@@H](O)[C@H](CO[C@@H]1OC(CO)[C@@H](O[C@@H]2OC(CO[C@@H]3OC(CO)[C@@H](O[C@@H]4OC(CO)[C@H](O)[C@H](O)C4O)[C@H](O)C3NC(C)=O)[C@H](O)[C@H](O[C@H]3OC(CO)[C@H](O)[C@H](O[C@@H]4OC(CO)[C@H](O)[C@H](O[C@H]5OC(CO)[C@H](O)[C@H](O)C5NC(C)=O)C4NC(C)=O)C3O)C2O)[C@H](O)C1O)NC(=O)CCCCCCCCCCCCCCCCC. The molecule has 126 heavy (non-hydrogen) atoms. The monoisotopic (exact) mass is 1820 g/mol. The maximum atomic E-state index is 13.7. The van der Waals surface area contributed by atoms with Crippen molar-refractivity contribution in [2.45, 2.75) is 441 Å². The molecule has 7 rings (SSSR count). The van der Waals surface area contributed by atoms with E-state index in [0.717, 1.165) is 85.0 Å². The van der Waals surface area contributed by atoms with Gasteiger partial charge < -0.3 is 190 Å². The van der Waals surface area contributed by atoms with Crippen LogP contribution in [0, 0.1) is 0 Å². The smallest absolute Gasteiger partial charge is 0.220 e. The van der Waals surface area contributed by atoms with Gasteiger partial charge in [0.1, 0.15) is 171 Å². The van der Waals surface area contributed by atoms with Crippen LogP contribution in [0.25, 0.3) is 0 Å². The summed E-state index contributed by atoms with van der Waals surface area (Å²) in [7, 11) is 0. The molecule has 42 heteroatoms. The molecule has 0 aliphatic carbocycles. The lowest BCUT2D eigenvalue weighted by Crippen LogP contribution is -2.71. The van der Waals surface area contributed by atoms with Crippen molar-refractivity contribution in [1.82, 2.24) is 21.3 Å². The lowest BCUT2D eigenvalue weighted by Gasteiger charge is -2.51. The Balaban J connectivity index is 1.12. The summed E-state index contributed by atoms with van der Waals surface area (Å²) in [4.78, 5) is 52.2. The predicted octanol–water partition coefficient (Wildman–Crippen LogP) is -4.46. The molecule has 24 N–H and O–H groups in total. The summed E-state index contributed by atoms with van der Waals surface area (Å²) < 4.78 is 84.1. The van der Waals surface area contributed by atoms with E-state index in [1.807, 2.05) is 6.08 Å². The average molecular weight is 1820 g/mol. The molecule has 42 nitrogen and oxygen atoms in total. The second kappa shape index (κ2) is 57.1. The third-order valence-corrected chi connectivity index (χ3v) is 24.2. The van der Waals surface area contributed by atoms with E-state index in [1.165, 1.54) is 102 Å². The Hall–Kier alpha value is -3.74. The molecule has 7 fully saturated rings. The summed E-state index contributed by atoms with van der Waals surface area (Å²) in [6, 6.07) is -6.41. The fraction of sp³-hybridized carbons (Fsp3) is 0.929. The minimum atomic E-state index is -2.42. The molecule has 7 aliphatic heterocycles. The van der Waals surface area contributed by atoms with E-state index in [4.69, 9.17) is 66.3 Å². The van der Waals surface area contributed by atoms with Crippen molar-refractivity contribution in [3.8, 4) is 0 Å². The van der Waals surface area contributed by atoms with Crippen molar-refractivity contribution < 1.29 is 188 Å². The van der Waals surface area contributed by atoms with E-state index >= 15 is 0 Å². The third kappa shape index (κ3) is 32.3. The van der Waals surface area contributed by atoms with Crippen molar-refractivity contribution in [3.05, 3.63) is 12.2 Å². The zero-order valence-electron chi connectivity index (χ0n) is 73.3. The number of unbranched alkanes of at least 4 members (excludes halogenated alkanes) is 25. The molecule has 4 amide bonds. The first kappa shape index (κ1) is 109. The van der Waals surface area contributed by atoms with Crippen molar-refractivity contribution in [1.29, 1.82) is 0 Å². The zero-order valence-corrected chi connectivity index (χ0v) is 73.3. The Bertz CT molecular complexity index is 3060. The largest absolute Gasteiger partial charge is 0.394 e. The van der Waals surface area contributed by atoms with Gasteiger partial charge in [-0.2, -0.15) is 0 Å². The second-order valence-corrected chi connectivity index (χ2v) is 34.2. The van der Waals surface area contributed by atoms with Gasteiger partial charge in [-0.25, -0.2) is 0 Å². The second-order valence-electron chi connectivity index (χ2n) is 34.2. The molecule has 0 saturated carbocycles. The Morgan fingerprint density at radius 3 is 1.12 bits per heavy atom. The maximum absolute atomic E-state index is 13.7. The van der Waals surface area contributed by atoms with Crippen molar-refractivity contribution in [3.63, 3.8) is 0 Å². The number of allylic oxidation sites excluding steroid dienone is 1. The number of carbonyl (C=O) groups is 4. The van der Waals surface area contributed by atoms with Gasteiger partial charge in [-0.3, -0.25) is 19.2 Å². The minimum absolute atomic E-state index is 0.120. The first-order chi connectivity index (χ1) is 60.4. The average Bonchev–Trinajstić information content (AvgIpc) is 0.768. The number of hydrogen-bond donors (Lipinski definition) is 24. The van der Waals surface area contributed by atoms with Crippen LogP contribution in [0.2, 0.25) is 0 Å². The Morgan fingerprint density at radius 1 is 0.317 bits per heavy atom. The number of aliphatic hydroxyl groups is 20. The van der Waals surface area contributed by atoms with Gasteiger partial charge in [-0.1, -0.05) is 180 Å². The molecule has 7 aliphatic rings. The van der Waals surface area contributed by atoms with Crippen LogP contribution in [0.3, 0.4) is 0 Å². The van der Waals surface area contributed by atoms with Gasteiger partial charge in [0.25, 0.3) is 0 Å². The van der Waals surface area contributed by atoms with Gasteiger partial charge in [0.05, 0.1) is 65.0 Å². The molecule has 37 atom stereocenters. The number of carbonyl (C=O) groups excluding carboxylic acids is 4. The van der Waals surface area contributed by atoms with Crippen LogP contribution < -0.4 is 21.3 Å². The summed E-state index contributed by atoms with van der Waals surface area (Å²) in [5, 5.41) is 236. The number of amides is 4. The summed E-state index contributed by atoms with van der Waals surface area (Å²) in [6.07, 6.45) is -31.8. The van der Waals surface area contributed by atoms with Crippen LogP contribution in [0.5, 0.6) is 0 Å². The molecule has 734 valence electrons. The van der Waals surface area contributed by atoms with Gasteiger partial charge in [-0.15, -0.1) is 0 Å². The van der Waals surface area contributed by atoms with E-state index < -0.39 is 303 Å². The first-order valence-electron chi connectivity index (χ1n) is 45.5. The van der Waals surface area contributed by atoms with E-state index in [2.05, 4.69) is 35.1 Å². The quantitative estimate of drug-likeness (QED) is 0.0202. The molecular weight excluding hydrogens is 1670 g/mol. The van der Waals surface area contributed by atoms with E-state index in [9.17, 15) is 121 Å². The lowest BCUT2D eigenvalue weighted by atomic mass is 9.93. The lowest BCUT2D eigenvalue weighted by molar-refractivity contribution is -0.392. The van der Waals surface area contributed by atoms with Crippen molar-refractivity contribution in [2.24, 2.45) is 0 Å². The molecule has 0 spiro atoms. The molecule has 0 radical (unpaired) electrons. The number of rotatable bonds is 56. The fourth-order valence-electron chi connectivity index (χ4n) is 16.9. The fourth-order valence-corrected chi connectivity index (χ4v) is 16.9. The summed E-state index contributed by atoms with van der Waals surface area (Å²) in [5.74, 6) is -2.92. The minimum Gasteiger partial charge on any atom is -0.394 e. The highest BCUT2D eigenvalue weighted by molar-refractivity contribution is 5.76. The third-order valence-electron chi connectivity index (χ3n) is 24.2. The zero-order chi connectivity index (χ0) is 92.3. The first-order valence-corrected chi connectivity index (χ1v) is 45.5. The number of aliphatic hydroxyl groups excluding tert-OH is 20. The van der Waals surface area contributed by atoms with Crippen LogP contribution >= 0.6 is 0 Å². The molecule has 0 aromatic rings. The van der Waals surface area contributed by atoms with Crippen LogP contribution in [0.15, 0.2) is 12.2 Å². The molecule has 0 bridgehead atoms. The number of hydrogen-bond acceptors (Lipinski definition) is 38.